The lowest BCUT2D eigenvalue weighted by molar-refractivity contribution is -0.155. The van der Waals surface area contributed by atoms with Crippen LogP contribution in [0.1, 0.15) is 38.5 Å². The van der Waals surface area contributed by atoms with Crippen LogP contribution in [0.3, 0.4) is 0 Å². The van der Waals surface area contributed by atoms with Gasteiger partial charge in [-0.3, -0.25) is 4.79 Å². The van der Waals surface area contributed by atoms with E-state index < -0.39 is 11.0 Å². The predicted octanol–water partition coefficient (Wildman–Crippen LogP) is 3.48. The van der Waals surface area contributed by atoms with E-state index >= 15 is 0 Å². The minimum Gasteiger partial charge on any atom is -0.469 e. The first kappa shape index (κ1) is 17.8. The van der Waals surface area contributed by atoms with Gasteiger partial charge in [-0.2, -0.15) is 0 Å². The maximum Gasteiger partial charge on any atom is 0.410 e. The molecule has 1 aliphatic heterocycles. The first-order valence-corrected chi connectivity index (χ1v) is 8.72. The summed E-state index contributed by atoms with van der Waals surface area (Å²) in [6.45, 7) is 6.57. The van der Waals surface area contributed by atoms with Crippen molar-refractivity contribution in [3.63, 3.8) is 0 Å². The number of amides is 1. The average Bonchev–Trinajstić information content (AvgIpc) is 2.98. The molecule has 1 aliphatic rings. The van der Waals surface area contributed by atoms with Gasteiger partial charge in [0.25, 0.3) is 0 Å². The van der Waals surface area contributed by atoms with Crippen LogP contribution < -0.4 is 0 Å². The third-order valence-electron chi connectivity index (χ3n) is 4.08. The Kier molecular flexibility index (Phi) is 5.34. The minimum atomic E-state index is -0.544. The van der Waals surface area contributed by atoms with E-state index in [0.717, 1.165) is 0 Å². The molecule has 0 N–H and O–H groups in total. The van der Waals surface area contributed by atoms with E-state index in [9.17, 15) is 9.59 Å². The van der Waals surface area contributed by atoms with Crippen LogP contribution in [0.2, 0.25) is 0 Å². The molecule has 2 heterocycles. The third kappa shape index (κ3) is 4.47. The van der Waals surface area contributed by atoms with Crippen molar-refractivity contribution in [3.8, 4) is 0 Å². The molecule has 0 radical (unpaired) electrons. The summed E-state index contributed by atoms with van der Waals surface area (Å²) in [7, 11) is 1.43. The zero-order chi connectivity index (χ0) is 17.1. The van der Waals surface area contributed by atoms with E-state index in [1.165, 1.54) is 12.0 Å². The van der Waals surface area contributed by atoms with Gasteiger partial charge in [0.05, 0.1) is 12.5 Å². The predicted molar refractivity (Wildman–Crippen MR) is 89.5 cm³/mol. The molecule has 0 bridgehead atoms. The molecule has 0 spiro atoms. The molecular weight excluding hydrogens is 314 g/mol. The van der Waals surface area contributed by atoms with Crippen molar-refractivity contribution in [2.75, 3.05) is 20.2 Å². The van der Waals surface area contributed by atoms with Crippen LogP contribution >= 0.6 is 11.3 Å². The summed E-state index contributed by atoms with van der Waals surface area (Å²) in [5, 5.41) is 2.01. The van der Waals surface area contributed by atoms with Crippen LogP contribution in [-0.4, -0.2) is 42.8 Å². The van der Waals surface area contributed by atoms with E-state index in [-0.39, 0.29) is 12.1 Å². The number of ether oxygens (including phenoxy) is 2. The molecule has 0 aliphatic carbocycles. The van der Waals surface area contributed by atoms with Gasteiger partial charge >= 0.3 is 12.1 Å². The van der Waals surface area contributed by atoms with Crippen LogP contribution in [0, 0.1) is 5.41 Å². The standard InChI is InChI=1S/C17H25NO4S/c1-16(2,3)22-15(20)18-9-7-17(8-10-18,14(19)21-4)12-13-6-5-11-23-13/h5-6,11H,7-10,12H2,1-4H3. The quantitative estimate of drug-likeness (QED) is 0.791. The Morgan fingerprint density at radius 2 is 1.96 bits per heavy atom. The molecular formula is C17H25NO4S. The summed E-state index contributed by atoms with van der Waals surface area (Å²) < 4.78 is 10.5. The summed E-state index contributed by atoms with van der Waals surface area (Å²) in [5.74, 6) is -0.185. The maximum atomic E-state index is 12.4. The van der Waals surface area contributed by atoms with Gasteiger partial charge in [0, 0.05) is 18.0 Å². The second-order valence-electron chi connectivity index (χ2n) is 7.00. The molecule has 23 heavy (non-hydrogen) atoms. The zero-order valence-electron chi connectivity index (χ0n) is 14.3. The minimum absolute atomic E-state index is 0.185. The lowest BCUT2D eigenvalue weighted by Gasteiger charge is -2.39. The van der Waals surface area contributed by atoms with Gasteiger partial charge in [0.15, 0.2) is 0 Å². The molecule has 0 unspecified atom stereocenters. The van der Waals surface area contributed by atoms with Gasteiger partial charge in [-0.15, -0.1) is 11.3 Å². The summed E-state index contributed by atoms with van der Waals surface area (Å²) in [4.78, 5) is 27.4. The van der Waals surface area contributed by atoms with E-state index in [0.29, 0.717) is 32.4 Å². The molecule has 0 aromatic carbocycles. The number of hydrogen-bond acceptors (Lipinski definition) is 5. The second kappa shape index (κ2) is 6.91. The fraction of sp³-hybridized carbons (Fsp3) is 0.647. The highest BCUT2D eigenvalue weighted by atomic mass is 32.1. The van der Waals surface area contributed by atoms with Crippen molar-refractivity contribution in [2.45, 2.75) is 45.6 Å². The van der Waals surface area contributed by atoms with E-state index in [1.807, 2.05) is 38.3 Å². The SMILES string of the molecule is COC(=O)C1(Cc2cccs2)CCN(C(=O)OC(C)(C)C)CC1. The van der Waals surface area contributed by atoms with Crippen LogP contribution in [0.15, 0.2) is 17.5 Å². The maximum absolute atomic E-state index is 12.4. The summed E-state index contributed by atoms with van der Waals surface area (Å²) in [5.41, 5.74) is -1.05. The smallest absolute Gasteiger partial charge is 0.410 e. The van der Waals surface area contributed by atoms with Gasteiger partial charge in [-0.1, -0.05) is 6.07 Å². The number of carbonyl (C=O) groups excluding carboxylic acids is 2. The number of rotatable bonds is 3. The van der Waals surface area contributed by atoms with Crippen LogP contribution in [-0.2, 0) is 20.7 Å². The number of nitrogens with zero attached hydrogens (tertiary/aromatic N) is 1. The Balaban J connectivity index is 2.05. The third-order valence-corrected chi connectivity index (χ3v) is 4.96. The molecule has 6 heteroatoms. The van der Waals surface area contributed by atoms with Crippen molar-refractivity contribution in [1.82, 2.24) is 4.90 Å². The fourth-order valence-corrected chi connectivity index (χ4v) is 3.71. The Labute approximate surface area is 141 Å². The molecule has 1 saturated heterocycles. The monoisotopic (exact) mass is 339 g/mol. The van der Waals surface area contributed by atoms with Crippen LogP contribution in [0.5, 0.6) is 0 Å². The normalized spacial score (nSPS) is 17.7. The number of piperidine rings is 1. The van der Waals surface area contributed by atoms with E-state index in [4.69, 9.17) is 9.47 Å². The van der Waals surface area contributed by atoms with Gasteiger partial charge in [-0.05, 0) is 51.5 Å². The molecule has 1 aromatic rings. The number of carbonyl (C=O) groups is 2. The van der Waals surface area contributed by atoms with Crippen molar-refractivity contribution in [3.05, 3.63) is 22.4 Å². The summed E-state index contributed by atoms with van der Waals surface area (Å²) in [6.07, 6.45) is 1.54. The van der Waals surface area contributed by atoms with E-state index in [2.05, 4.69) is 0 Å². The molecule has 2 rings (SSSR count). The Morgan fingerprint density at radius 1 is 1.30 bits per heavy atom. The topological polar surface area (TPSA) is 55.8 Å². The van der Waals surface area contributed by atoms with Crippen LogP contribution in [0.4, 0.5) is 4.79 Å². The molecule has 1 fully saturated rings. The van der Waals surface area contributed by atoms with Crippen molar-refractivity contribution in [2.24, 2.45) is 5.41 Å². The lowest BCUT2D eigenvalue weighted by Crippen LogP contribution is -2.49. The highest BCUT2D eigenvalue weighted by Crippen LogP contribution is 2.37. The summed E-state index contributed by atoms with van der Waals surface area (Å²) >= 11 is 1.64. The molecule has 5 nitrogen and oxygen atoms in total. The molecule has 128 valence electrons. The first-order chi connectivity index (χ1) is 10.8. The largest absolute Gasteiger partial charge is 0.469 e. The number of thiophene rings is 1. The molecule has 1 amide bonds. The molecule has 1 aromatic heterocycles. The van der Waals surface area contributed by atoms with Gasteiger partial charge < -0.3 is 14.4 Å². The van der Waals surface area contributed by atoms with Crippen molar-refractivity contribution in [1.29, 1.82) is 0 Å². The van der Waals surface area contributed by atoms with Gasteiger partial charge in [0.1, 0.15) is 5.60 Å². The Morgan fingerprint density at radius 3 is 2.43 bits per heavy atom. The average molecular weight is 339 g/mol. The molecule has 0 atom stereocenters. The van der Waals surface area contributed by atoms with E-state index in [1.54, 1.807) is 16.2 Å². The van der Waals surface area contributed by atoms with Gasteiger partial charge in [-0.25, -0.2) is 4.79 Å². The lowest BCUT2D eigenvalue weighted by atomic mass is 9.75. The number of likely N-dealkylation sites (tertiary alicyclic amines) is 1. The Hall–Kier alpha value is -1.56. The van der Waals surface area contributed by atoms with Crippen LogP contribution in [0.25, 0.3) is 0 Å². The highest BCUT2D eigenvalue weighted by molar-refractivity contribution is 7.09. The van der Waals surface area contributed by atoms with Crippen molar-refractivity contribution >= 4 is 23.4 Å². The van der Waals surface area contributed by atoms with Crippen molar-refractivity contribution < 1.29 is 19.1 Å². The molecule has 0 saturated carbocycles. The highest BCUT2D eigenvalue weighted by Gasteiger charge is 2.44. The second-order valence-corrected chi connectivity index (χ2v) is 8.03. The Bertz CT molecular complexity index is 539. The number of hydrogen-bond donors (Lipinski definition) is 0. The first-order valence-electron chi connectivity index (χ1n) is 7.84. The number of esters is 1. The summed E-state index contributed by atoms with van der Waals surface area (Å²) in [6, 6.07) is 4.02. The fourth-order valence-electron chi connectivity index (χ4n) is 2.86. The van der Waals surface area contributed by atoms with Gasteiger partial charge in [0.2, 0.25) is 0 Å². The zero-order valence-corrected chi connectivity index (χ0v) is 15.1. The number of methoxy groups -OCH3 is 1.